The average molecular weight is 688 g/mol. The highest BCUT2D eigenvalue weighted by Crippen LogP contribution is 2.35. The molecule has 3 heterocycles. The Morgan fingerprint density at radius 2 is 1.47 bits per heavy atom. The Balaban J connectivity index is 1.11. The molecule has 11 heteroatoms. The number of hydrogen-bond donors (Lipinski definition) is 3. The third-order valence-corrected chi connectivity index (χ3v) is 9.65. The number of nitrogens with one attached hydrogen (secondary N) is 3. The Morgan fingerprint density at radius 3 is 2.10 bits per heavy atom. The van der Waals surface area contributed by atoms with Crippen molar-refractivity contribution in [1.29, 1.82) is 0 Å². The van der Waals surface area contributed by atoms with Crippen LogP contribution in [-0.2, 0) is 19.4 Å². The number of carbonyl (C=O) groups excluding carboxylic acids is 2. The first-order valence-electron chi connectivity index (χ1n) is 17.4. The molecule has 1 fully saturated rings. The van der Waals surface area contributed by atoms with Crippen LogP contribution in [0.15, 0.2) is 96.2 Å². The summed E-state index contributed by atoms with van der Waals surface area (Å²) in [5, 5.41) is 3.06. The lowest BCUT2D eigenvalue weighted by atomic mass is 9.97. The molecule has 0 unspecified atom stereocenters. The van der Waals surface area contributed by atoms with Crippen molar-refractivity contribution in [2.45, 2.75) is 58.7 Å². The number of benzene rings is 3. The van der Waals surface area contributed by atoms with Crippen LogP contribution in [0.4, 0.5) is 0 Å². The fourth-order valence-corrected chi connectivity index (χ4v) is 6.28. The second-order valence-corrected chi connectivity index (χ2v) is 13.3. The molecule has 1 aliphatic rings. The molecule has 264 valence electrons. The maximum absolute atomic E-state index is 13.8. The molecule has 3 N–H and O–H groups in total. The SMILES string of the molecule is COO/C=N/[C@H](C(=O)N1CCC[C@H]1c1ncc(-c2ccc(-c3ccc(-c4cnc([C@@H](C)NC(=O)[C@@H](C)C(C)C)[nH]4)cc3)cc2)[nH]1)c1ccccc1. The van der Waals surface area contributed by atoms with E-state index in [-0.39, 0.29) is 35.7 Å². The molecule has 0 aliphatic carbocycles. The van der Waals surface area contributed by atoms with Crippen LogP contribution in [0.1, 0.15) is 75.9 Å². The van der Waals surface area contributed by atoms with Gasteiger partial charge in [0.25, 0.3) is 5.91 Å². The minimum Gasteiger partial charge on any atom is -0.346 e. The molecular weight excluding hydrogens is 642 g/mol. The van der Waals surface area contributed by atoms with Gasteiger partial charge >= 0.3 is 0 Å². The third kappa shape index (κ3) is 8.10. The number of H-pyrrole nitrogens is 2. The summed E-state index contributed by atoms with van der Waals surface area (Å²) >= 11 is 0. The van der Waals surface area contributed by atoms with E-state index in [1.807, 2.05) is 69.1 Å². The van der Waals surface area contributed by atoms with Gasteiger partial charge in [0.2, 0.25) is 12.3 Å². The van der Waals surface area contributed by atoms with Gasteiger partial charge in [0.05, 0.1) is 43.0 Å². The molecule has 11 nitrogen and oxygen atoms in total. The summed E-state index contributed by atoms with van der Waals surface area (Å²) in [6.07, 6.45) is 6.48. The van der Waals surface area contributed by atoms with E-state index >= 15 is 0 Å². The van der Waals surface area contributed by atoms with Gasteiger partial charge < -0.3 is 25.1 Å². The predicted octanol–water partition coefficient (Wildman–Crippen LogP) is 7.61. The summed E-state index contributed by atoms with van der Waals surface area (Å²) in [5.74, 6) is 1.59. The van der Waals surface area contributed by atoms with E-state index in [4.69, 9.17) is 9.87 Å². The van der Waals surface area contributed by atoms with Gasteiger partial charge in [0, 0.05) is 12.5 Å². The van der Waals surface area contributed by atoms with E-state index in [1.54, 1.807) is 6.20 Å². The summed E-state index contributed by atoms with van der Waals surface area (Å²) < 4.78 is 0. The van der Waals surface area contributed by atoms with E-state index in [1.165, 1.54) is 13.5 Å². The number of nitrogens with zero attached hydrogens (tertiary/aromatic N) is 4. The van der Waals surface area contributed by atoms with Crippen molar-refractivity contribution in [1.82, 2.24) is 30.2 Å². The third-order valence-electron chi connectivity index (χ3n) is 9.65. The molecule has 51 heavy (non-hydrogen) atoms. The topological polar surface area (TPSA) is 138 Å². The molecule has 3 aromatic carbocycles. The highest BCUT2D eigenvalue weighted by molar-refractivity contribution is 5.85. The molecule has 1 saturated heterocycles. The van der Waals surface area contributed by atoms with Crippen molar-refractivity contribution >= 4 is 18.2 Å². The van der Waals surface area contributed by atoms with Crippen LogP contribution < -0.4 is 5.32 Å². The van der Waals surface area contributed by atoms with E-state index in [0.717, 1.165) is 63.7 Å². The zero-order valence-electron chi connectivity index (χ0n) is 29.7. The van der Waals surface area contributed by atoms with Gasteiger partial charge in [0.1, 0.15) is 11.6 Å². The lowest BCUT2D eigenvalue weighted by molar-refractivity contribution is -0.188. The van der Waals surface area contributed by atoms with Crippen LogP contribution in [0.25, 0.3) is 33.6 Å². The van der Waals surface area contributed by atoms with Gasteiger partial charge in [-0.2, -0.15) is 4.89 Å². The number of aromatic amines is 2. The molecule has 0 bridgehead atoms. The number of amides is 2. The first kappa shape index (κ1) is 35.3. The molecule has 0 radical (unpaired) electrons. The van der Waals surface area contributed by atoms with E-state index in [2.05, 4.69) is 78.7 Å². The molecular formula is C40H45N7O4. The van der Waals surface area contributed by atoms with Crippen molar-refractivity contribution in [3.05, 3.63) is 108 Å². The fourth-order valence-electron chi connectivity index (χ4n) is 6.28. The standard InChI is InChI=1S/C40H45N7O4/c1-25(2)26(3)39(48)44-27(4)37-41-22-33(45-37)30-17-13-28(14-18-30)29-15-19-31(20-16-29)34-23-42-38(46-34)35-12-9-21-47(35)40(49)36(43-24-51-50-5)32-10-7-6-8-11-32/h6-8,10-11,13-20,22-27,35-36H,9,12,21H2,1-5H3,(H,41,45)(H,42,46)(H,44,48)/b43-24+/t26-,27+,35-,36-/m0/s1. The quantitative estimate of drug-likeness (QED) is 0.0504. The number of imidazole rings is 2. The predicted molar refractivity (Wildman–Crippen MR) is 197 cm³/mol. The zero-order chi connectivity index (χ0) is 35.9. The van der Waals surface area contributed by atoms with Crippen LogP contribution in [0.5, 0.6) is 0 Å². The second-order valence-electron chi connectivity index (χ2n) is 13.3. The van der Waals surface area contributed by atoms with Crippen LogP contribution in [0.2, 0.25) is 0 Å². The van der Waals surface area contributed by atoms with Crippen molar-refractivity contribution < 1.29 is 19.4 Å². The minimum atomic E-state index is -0.753. The van der Waals surface area contributed by atoms with Crippen LogP contribution in [0.3, 0.4) is 0 Å². The first-order valence-corrected chi connectivity index (χ1v) is 17.4. The first-order chi connectivity index (χ1) is 24.7. The normalized spacial score (nSPS) is 16.4. The number of aliphatic imine (C=N–C) groups is 1. The molecule has 2 aromatic heterocycles. The van der Waals surface area contributed by atoms with Crippen LogP contribution in [0, 0.1) is 11.8 Å². The molecule has 0 spiro atoms. The minimum absolute atomic E-state index is 0.0277. The summed E-state index contributed by atoms with van der Waals surface area (Å²) in [6.45, 7) is 8.59. The van der Waals surface area contributed by atoms with Gasteiger partial charge in [-0.05, 0) is 53.5 Å². The Morgan fingerprint density at radius 1 is 0.863 bits per heavy atom. The maximum Gasteiger partial charge on any atom is 0.252 e. The second kappa shape index (κ2) is 16.0. The largest absolute Gasteiger partial charge is 0.346 e. The Labute approximate surface area is 298 Å². The number of hydrogen-bond acceptors (Lipinski definition) is 7. The highest BCUT2D eigenvalue weighted by atomic mass is 17.2. The fraction of sp³-hybridized carbons (Fsp3) is 0.325. The van der Waals surface area contributed by atoms with E-state index in [9.17, 15) is 9.59 Å². The highest BCUT2D eigenvalue weighted by Gasteiger charge is 2.36. The average Bonchev–Trinajstić information content (AvgIpc) is 3.95. The molecule has 4 atom stereocenters. The summed E-state index contributed by atoms with van der Waals surface area (Å²) in [7, 11) is 1.39. The smallest absolute Gasteiger partial charge is 0.252 e. The van der Waals surface area contributed by atoms with E-state index in [0.29, 0.717) is 6.54 Å². The van der Waals surface area contributed by atoms with Gasteiger partial charge in [-0.3, -0.25) is 9.59 Å². The Hall–Kier alpha value is -5.55. The van der Waals surface area contributed by atoms with Gasteiger partial charge in [-0.25, -0.2) is 15.0 Å². The maximum atomic E-state index is 13.8. The van der Waals surface area contributed by atoms with Crippen molar-refractivity contribution in [2.24, 2.45) is 16.8 Å². The number of carbonyl (C=O) groups is 2. The number of rotatable bonds is 13. The van der Waals surface area contributed by atoms with E-state index < -0.39 is 6.04 Å². The molecule has 5 aromatic rings. The monoisotopic (exact) mass is 687 g/mol. The number of likely N-dealkylation sites (tertiary alicyclic amines) is 1. The Bertz CT molecular complexity index is 1930. The zero-order valence-corrected chi connectivity index (χ0v) is 29.7. The molecule has 2 amide bonds. The van der Waals surface area contributed by atoms with Crippen molar-refractivity contribution in [3.63, 3.8) is 0 Å². The molecule has 1 aliphatic heterocycles. The van der Waals surface area contributed by atoms with Gasteiger partial charge in [-0.15, -0.1) is 0 Å². The van der Waals surface area contributed by atoms with Gasteiger partial charge in [0.15, 0.2) is 6.04 Å². The number of aromatic nitrogens is 4. The van der Waals surface area contributed by atoms with Crippen molar-refractivity contribution in [2.75, 3.05) is 13.7 Å². The lowest BCUT2D eigenvalue weighted by Crippen LogP contribution is -2.34. The van der Waals surface area contributed by atoms with Crippen LogP contribution >= 0.6 is 0 Å². The van der Waals surface area contributed by atoms with Gasteiger partial charge in [-0.1, -0.05) is 99.6 Å². The molecule has 0 saturated carbocycles. The Kier molecular flexibility index (Phi) is 11.1. The van der Waals surface area contributed by atoms with Crippen molar-refractivity contribution in [3.8, 4) is 33.6 Å². The molecule has 6 rings (SSSR count). The lowest BCUT2D eigenvalue weighted by Gasteiger charge is -2.26. The summed E-state index contributed by atoms with van der Waals surface area (Å²) in [5.41, 5.74) is 6.74. The summed E-state index contributed by atoms with van der Waals surface area (Å²) in [6, 6.07) is 25.0. The van der Waals surface area contributed by atoms with Crippen LogP contribution in [-0.4, -0.2) is 56.7 Å². The summed E-state index contributed by atoms with van der Waals surface area (Å²) in [4.78, 5) is 58.2.